The van der Waals surface area contributed by atoms with Gasteiger partial charge in [0.25, 0.3) is 0 Å². The van der Waals surface area contributed by atoms with Crippen molar-refractivity contribution in [3.8, 4) is 0 Å². The Morgan fingerprint density at radius 1 is 1.18 bits per heavy atom. The molecule has 1 atom stereocenters. The Hall–Kier alpha value is -0.0800. The minimum Gasteiger partial charge on any atom is -0.391 e. The molecule has 0 saturated carbocycles. The number of hydrogen-bond donors (Lipinski definition) is 2. The molecule has 0 unspecified atom stereocenters. The summed E-state index contributed by atoms with van der Waals surface area (Å²) in [4.78, 5) is 9.59. The van der Waals surface area contributed by atoms with Gasteiger partial charge in [0.15, 0.2) is 5.96 Å². The molecule has 2 saturated heterocycles. The summed E-state index contributed by atoms with van der Waals surface area (Å²) < 4.78 is 0. The van der Waals surface area contributed by atoms with Gasteiger partial charge in [-0.25, -0.2) is 0 Å². The van der Waals surface area contributed by atoms with Gasteiger partial charge in [-0.3, -0.25) is 4.99 Å². The van der Waals surface area contributed by atoms with Crippen LogP contribution in [0.3, 0.4) is 0 Å². The van der Waals surface area contributed by atoms with E-state index in [1.54, 1.807) is 0 Å². The van der Waals surface area contributed by atoms with E-state index in [1.165, 1.54) is 38.9 Å². The highest BCUT2D eigenvalue weighted by Gasteiger charge is 2.23. The van der Waals surface area contributed by atoms with Crippen LogP contribution in [0.1, 0.15) is 39.5 Å². The van der Waals surface area contributed by atoms with Crippen molar-refractivity contribution in [3.63, 3.8) is 0 Å². The molecule has 2 rings (SSSR count). The number of halogens is 1. The highest BCUT2D eigenvalue weighted by Crippen LogP contribution is 2.18. The SMILES string of the molecule is CCCN1CCC(CN=C(NCC)N2CC[C@@H](O)C2)CC1.I. The maximum atomic E-state index is 9.68. The molecular weight excluding hydrogens is 391 g/mol. The van der Waals surface area contributed by atoms with E-state index in [9.17, 15) is 5.11 Å². The summed E-state index contributed by atoms with van der Waals surface area (Å²) in [5.41, 5.74) is 0. The van der Waals surface area contributed by atoms with Gasteiger partial charge in [0.1, 0.15) is 0 Å². The van der Waals surface area contributed by atoms with Crippen molar-refractivity contribution in [2.45, 2.75) is 45.6 Å². The third-order valence-electron chi connectivity index (χ3n) is 4.54. The monoisotopic (exact) mass is 424 g/mol. The molecule has 2 N–H and O–H groups in total. The second-order valence-corrected chi connectivity index (χ2v) is 6.37. The molecule has 2 aliphatic rings. The smallest absolute Gasteiger partial charge is 0.194 e. The number of aliphatic imine (C=N–C) groups is 1. The van der Waals surface area contributed by atoms with Crippen molar-refractivity contribution in [2.24, 2.45) is 10.9 Å². The quantitative estimate of drug-likeness (QED) is 0.401. The topological polar surface area (TPSA) is 51.1 Å². The lowest BCUT2D eigenvalue weighted by molar-refractivity contribution is 0.185. The van der Waals surface area contributed by atoms with E-state index >= 15 is 0 Å². The van der Waals surface area contributed by atoms with E-state index in [-0.39, 0.29) is 30.1 Å². The number of aliphatic hydroxyl groups excluding tert-OH is 1. The number of nitrogens with one attached hydrogen (secondary N) is 1. The van der Waals surface area contributed by atoms with Crippen LogP contribution < -0.4 is 5.32 Å². The van der Waals surface area contributed by atoms with Gasteiger partial charge < -0.3 is 20.2 Å². The molecule has 130 valence electrons. The molecule has 0 amide bonds. The number of rotatable bonds is 5. The summed E-state index contributed by atoms with van der Waals surface area (Å²) in [6.07, 6.45) is 4.47. The van der Waals surface area contributed by atoms with Crippen molar-refractivity contribution < 1.29 is 5.11 Å². The van der Waals surface area contributed by atoms with E-state index in [4.69, 9.17) is 4.99 Å². The van der Waals surface area contributed by atoms with Crippen LogP contribution in [0, 0.1) is 5.92 Å². The molecule has 0 aromatic heterocycles. The highest BCUT2D eigenvalue weighted by molar-refractivity contribution is 14.0. The van der Waals surface area contributed by atoms with Crippen molar-refractivity contribution in [1.82, 2.24) is 15.1 Å². The molecule has 0 aliphatic carbocycles. The highest BCUT2D eigenvalue weighted by atomic mass is 127. The molecule has 0 radical (unpaired) electrons. The van der Waals surface area contributed by atoms with Crippen molar-refractivity contribution >= 4 is 29.9 Å². The number of aliphatic hydroxyl groups is 1. The standard InChI is InChI=1S/C16H32N4O.HI/c1-3-8-19-9-5-14(6-10-19)12-18-16(17-4-2)20-11-7-15(21)13-20;/h14-15,21H,3-13H2,1-2H3,(H,17,18);1H/t15-;/m1./s1. The molecule has 2 fully saturated rings. The number of β-amino-alcohol motifs (C(OH)–C–C–N with tert-alkyl or cyclic N) is 1. The Kier molecular flexibility index (Phi) is 9.66. The van der Waals surface area contributed by atoms with Gasteiger partial charge in [-0.2, -0.15) is 0 Å². The Balaban J connectivity index is 0.00000242. The van der Waals surface area contributed by atoms with Crippen LogP contribution >= 0.6 is 24.0 Å². The third kappa shape index (κ3) is 6.20. The van der Waals surface area contributed by atoms with Crippen molar-refractivity contribution in [1.29, 1.82) is 0 Å². The molecule has 0 bridgehead atoms. The first-order valence-electron chi connectivity index (χ1n) is 8.66. The first-order chi connectivity index (χ1) is 10.2. The molecule has 0 aromatic carbocycles. The van der Waals surface area contributed by atoms with Crippen molar-refractivity contribution in [3.05, 3.63) is 0 Å². The molecule has 5 nitrogen and oxygen atoms in total. The van der Waals surface area contributed by atoms with Crippen LogP contribution in [-0.2, 0) is 0 Å². The van der Waals surface area contributed by atoms with E-state index in [2.05, 4.69) is 29.0 Å². The van der Waals surface area contributed by atoms with E-state index in [1.807, 2.05) is 0 Å². The number of nitrogens with zero attached hydrogens (tertiary/aromatic N) is 3. The minimum absolute atomic E-state index is 0. The fraction of sp³-hybridized carbons (Fsp3) is 0.938. The Morgan fingerprint density at radius 3 is 2.45 bits per heavy atom. The third-order valence-corrected chi connectivity index (χ3v) is 4.54. The van der Waals surface area contributed by atoms with Crippen LogP contribution in [0.25, 0.3) is 0 Å². The number of guanidine groups is 1. The second-order valence-electron chi connectivity index (χ2n) is 6.37. The van der Waals surface area contributed by atoms with Gasteiger partial charge in [0, 0.05) is 26.2 Å². The van der Waals surface area contributed by atoms with Crippen LogP contribution in [0.5, 0.6) is 0 Å². The van der Waals surface area contributed by atoms with Crippen LogP contribution in [0.15, 0.2) is 4.99 Å². The van der Waals surface area contributed by atoms with Crippen molar-refractivity contribution in [2.75, 3.05) is 45.8 Å². The maximum absolute atomic E-state index is 9.68. The van der Waals surface area contributed by atoms with Crippen LogP contribution in [0.2, 0.25) is 0 Å². The lowest BCUT2D eigenvalue weighted by Crippen LogP contribution is -2.41. The summed E-state index contributed by atoms with van der Waals surface area (Å²) in [7, 11) is 0. The number of likely N-dealkylation sites (tertiary alicyclic amines) is 2. The fourth-order valence-electron chi connectivity index (χ4n) is 3.28. The second kappa shape index (κ2) is 10.6. The largest absolute Gasteiger partial charge is 0.391 e. The predicted octanol–water partition coefficient (Wildman–Crippen LogP) is 1.76. The molecule has 6 heteroatoms. The zero-order chi connectivity index (χ0) is 15.1. The molecule has 0 spiro atoms. The van der Waals surface area contributed by atoms with Gasteiger partial charge in [0.05, 0.1) is 6.10 Å². The Labute approximate surface area is 152 Å². The molecule has 2 heterocycles. The number of piperidine rings is 1. The summed E-state index contributed by atoms with van der Waals surface area (Å²) in [5, 5.41) is 13.1. The van der Waals surface area contributed by atoms with E-state index < -0.39 is 0 Å². The Bertz CT molecular complexity index is 332. The zero-order valence-corrected chi connectivity index (χ0v) is 16.5. The summed E-state index contributed by atoms with van der Waals surface area (Å²) >= 11 is 0. The summed E-state index contributed by atoms with van der Waals surface area (Å²) in [6, 6.07) is 0. The van der Waals surface area contributed by atoms with E-state index in [0.717, 1.165) is 44.5 Å². The number of hydrogen-bond acceptors (Lipinski definition) is 3. The van der Waals surface area contributed by atoms with Gasteiger partial charge in [-0.15, -0.1) is 24.0 Å². The van der Waals surface area contributed by atoms with E-state index in [0.29, 0.717) is 0 Å². The van der Waals surface area contributed by atoms with Crippen LogP contribution in [0.4, 0.5) is 0 Å². The molecular formula is C16H33IN4O. The first kappa shape index (κ1) is 20.0. The fourth-order valence-corrected chi connectivity index (χ4v) is 3.28. The van der Waals surface area contributed by atoms with Gasteiger partial charge in [0.2, 0.25) is 0 Å². The summed E-state index contributed by atoms with van der Waals surface area (Å²) in [6.45, 7) is 11.5. The average Bonchev–Trinajstić information content (AvgIpc) is 2.92. The lowest BCUT2D eigenvalue weighted by Gasteiger charge is -2.31. The zero-order valence-electron chi connectivity index (χ0n) is 14.1. The van der Waals surface area contributed by atoms with Gasteiger partial charge in [-0.05, 0) is 58.2 Å². The molecule has 22 heavy (non-hydrogen) atoms. The molecule has 0 aromatic rings. The lowest BCUT2D eigenvalue weighted by atomic mass is 9.97. The predicted molar refractivity (Wildman–Crippen MR) is 103 cm³/mol. The van der Waals surface area contributed by atoms with Crippen LogP contribution in [-0.4, -0.2) is 72.8 Å². The normalized spacial score (nSPS) is 24.4. The van der Waals surface area contributed by atoms with Gasteiger partial charge in [-0.1, -0.05) is 6.92 Å². The first-order valence-corrected chi connectivity index (χ1v) is 8.66. The summed E-state index contributed by atoms with van der Waals surface area (Å²) in [5.74, 6) is 1.71. The average molecular weight is 424 g/mol. The van der Waals surface area contributed by atoms with Gasteiger partial charge >= 0.3 is 0 Å². The molecule has 2 aliphatic heterocycles. The Morgan fingerprint density at radius 2 is 1.91 bits per heavy atom. The maximum Gasteiger partial charge on any atom is 0.194 e. The minimum atomic E-state index is -0.189.